The Hall–Kier alpha value is -3.09. The van der Waals surface area contributed by atoms with Crippen LogP contribution in [0, 0.1) is 13.8 Å². The van der Waals surface area contributed by atoms with E-state index >= 15 is 0 Å². The first-order chi connectivity index (χ1) is 12.6. The lowest BCUT2D eigenvalue weighted by Crippen LogP contribution is -2.33. The molecule has 7 nitrogen and oxygen atoms in total. The number of pyridine rings is 1. The van der Waals surface area contributed by atoms with Crippen LogP contribution < -0.4 is 10.9 Å². The van der Waals surface area contributed by atoms with Crippen LogP contribution >= 0.6 is 0 Å². The zero-order valence-electron chi connectivity index (χ0n) is 16.2. The van der Waals surface area contributed by atoms with Gasteiger partial charge in [0.15, 0.2) is 0 Å². The van der Waals surface area contributed by atoms with Crippen LogP contribution in [-0.4, -0.2) is 26.5 Å². The van der Waals surface area contributed by atoms with Gasteiger partial charge in [-0.2, -0.15) is 5.10 Å². The number of carbonyl (C=O) groups is 1. The number of amides is 1. The smallest absolute Gasteiger partial charge is 0.407 e. The van der Waals surface area contributed by atoms with Crippen molar-refractivity contribution in [3.8, 4) is 5.69 Å². The minimum absolute atomic E-state index is 0.0787. The van der Waals surface area contributed by atoms with Crippen LogP contribution in [-0.2, 0) is 11.3 Å². The fourth-order valence-electron chi connectivity index (χ4n) is 2.75. The number of rotatable bonds is 3. The molecule has 0 spiro atoms. The highest BCUT2D eigenvalue weighted by atomic mass is 16.6. The molecule has 27 heavy (non-hydrogen) atoms. The van der Waals surface area contributed by atoms with E-state index in [1.807, 2.05) is 38.1 Å². The summed E-state index contributed by atoms with van der Waals surface area (Å²) in [6.45, 7) is 9.34. The average Bonchev–Trinajstić information content (AvgIpc) is 2.88. The molecule has 0 aliphatic carbocycles. The molecule has 0 aliphatic rings. The van der Waals surface area contributed by atoms with Gasteiger partial charge in [0.1, 0.15) is 11.2 Å². The topological polar surface area (TPSA) is 89.0 Å². The molecule has 0 atom stereocenters. The SMILES string of the molecule is Cc1ccc(-n2nc(C)c3cc(CNC(=O)OC(C)(C)C)c(=O)[nH]c32)cc1. The molecule has 0 bridgehead atoms. The monoisotopic (exact) mass is 368 g/mol. The first kappa shape index (κ1) is 18.7. The summed E-state index contributed by atoms with van der Waals surface area (Å²) < 4.78 is 6.92. The van der Waals surface area contributed by atoms with Crippen molar-refractivity contribution in [2.24, 2.45) is 0 Å². The molecular formula is C20H24N4O3. The van der Waals surface area contributed by atoms with Crippen LogP contribution in [0.1, 0.15) is 37.6 Å². The van der Waals surface area contributed by atoms with E-state index in [0.717, 1.165) is 22.3 Å². The molecule has 0 fully saturated rings. The Bertz CT molecular complexity index is 1040. The minimum atomic E-state index is -0.591. The van der Waals surface area contributed by atoms with Crippen LogP contribution in [0.4, 0.5) is 4.79 Å². The number of carbonyl (C=O) groups excluding carboxylic acids is 1. The second-order valence-electron chi connectivity index (χ2n) is 7.57. The largest absolute Gasteiger partial charge is 0.444 e. The highest BCUT2D eigenvalue weighted by Gasteiger charge is 2.17. The molecule has 1 aromatic carbocycles. The van der Waals surface area contributed by atoms with Crippen LogP contribution in [0.25, 0.3) is 16.7 Å². The van der Waals surface area contributed by atoms with Gasteiger partial charge < -0.3 is 15.0 Å². The molecule has 0 aliphatic heterocycles. The lowest BCUT2D eigenvalue weighted by molar-refractivity contribution is 0.0523. The van der Waals surface area contributed by atoms with Gasteiger partial charge in [0.05, 0.1) is 17.9 Å². The zero-order valence-corrected chi connectivity index (χ0v) is 16.2. The first-order valence-electron chi connectivity index (χ1n) is 8.79. The maximum Gasteiger partial charge on any atom is 0.407 e. The maximum absolute atomic E-state index is 12.5. The van der Waals surface area contributed by atoms with Gasteiger partial charge in [0.25, 0.3) is 5.56 Å². The van der Waals surface area contributed by atoms with Crippen molar-refractivity contribution >= 4 is 17.1 Å². The Kier molecular flexibility index (Phi) is 4.78. The molecule has 2 heterocycles. The molecule has 142 valence electrons. The molecule has 1 amide bonds. The number of nitrogens with one attached hydrogen (secondary N) is 2. The van der Waals surface area contributed by atoms with Gasteiger partial charge >= 0.3 is 6.09 Å². The summed E-state index contributed by atoms with van der Waals surface area (Å²) in [6.07, 6.45) is -0.561. The molecule has 2 N–H and O–H groups in total. The number of H-pyrrole nitrogens is 1. The average molecular weight is 368 g/mol. The fraction of sp³-hybridized carbons (Fsp3) is 0.350. The van der Waals surface area contributed by atoms with E-state index in [1.54, 1.807) is 31.5 Å². The Labute approximate surface area is 157 Å². The van der Waals surface area contributed by atoms with Crippen molar-refractivity contribution in [1.29, 1.82) is 0 Å². The lowest BCUT2D eigenvalue weighted by Gasteiger charge is -2.19. The minimum Gasteiger partial charge on any atom is -0.444 e. The molecule has 0 unspecified atom stereocenters. The van der Waals surface area contributed by atoms with Gasteiger partial charge in [-0.1, -0.05) is 17.7 Å². The van der Waals surface area contributed by atoms with Crippen molar-refractivity contribution in [3.05, 3.63) is 57.5 Å². The standard InChI is InChI=1S/C20H24N4O3/c1-12-6-8-15(9-7-12)24-17-16(13(2)23-24)10-14(18(25)22-17)11-21-19(26)27-20(3,4)5/h6-10H,11H2,1-5H3,(H,21,26)(H,22,25). The van der Waals surface area contributed by atoms with E-state index in [9.17, 15) is 9.59 Å². The van der Waals surface area contributed by atoms with Gasteiger partial charge in [-0.3, -0.25) is 4.79 Å². The van der Waals surface area contributed by atoms with E-state index in [-0.39, 0.29) is 12.1 Å². The van der Waals surface area contributed by atoms with Crippen LogP contribution in [0.5, 0.6) is 0 Å². The number of benzene rings is 1. The summed E-state index contributed by atoms with van der Waals surface area (Å²) in [5.41, 5.74) is 3.02. The number of aromatic amines is 1. The predicted octanol–water partition coefficient (Wildman–Crippen LogP) is 3.36. The first-order valence-corrected chi connectivity index (χ1v) is 8.79. The predicted molar refractivity (Wildman–Crippen MR) is 104 cm³/mol. The zero-order chi connectivity index (χ0) is 19.8. The summed E-state index contributed by atoms with van der Waals surface area (Å²) >= 11 is 0. The number of aryl methyl sites for hydroxylation is 2. The number of hydrogen-bond acceptors (Lipinski definition) is 4. The highest BCUT2D eigenvalue weighted by Crippen LogP contribution is 2.20. The van der Waals surface area contributed by atoms with E-state index in [2.05, 4.69) is 15.4 Å². The molecule has 7 heteroatoms. The molecule has 0 saturated heterocycles. The summed E-state index contributed by atoms with van der Waals surface area (Å²) in [5, 5.41) is 8.00. The molecule has 2 aromatic heterocycles. The quantitative estimate of drug-likeness (QED) is 0.742. The van der Waals surface area contributed by atoms with E-state index in [1.165, 1.54) is 0 Å². The third kappa shape index (κ3) is 4.19. The second kappa shape index (κ2) is 6.90. The number of alkyl carbamates (subject to hydrolysis) is 1. The molecular weight excluding hydrogens is 344 g/mol. The summed E-state index contributed by atoms with van der Waals surface area (Å²) in [6, 6.07) is 9.67. The summed E-state index contributed by atoms with van der Waals surface area (Å²) in [7, 11) is 0. The Morgan fingerprint density at radius 2 is 1.89 bits per heavy atom. The fourth-order valence-corrected chi connectivity index (χ4v) is 2.75. The Morgan fingerprint density at radius 1 is 1.22 bits per heavy atom. The summed E-state index contributed by atoms with van der Waals surface area (Å²) in [4.78, 5) is 27.2. The van der Waals surface area contributed by atoms with Crippen LogP contribution in [0.2, 0.25) is 0 Å². The third-order valence-electron chi connectivity index (χ3n) is 4.05. The van der Waals surface area contributed by atoms with E-state index < -0.39 is 11.7 Å². The van der Waals surface area contributed by atoms with Crippen molar-refractivity contribution in [1.82, 2.24) is 20.1 Å². The Balaban J connectivity index is 1.91. The van der Waals surface area contributed by atoms with Crippen molar-refractivity contribution in [3.63, 3.8) is 0 Å². The maximum atomic E-state index is 12.5. The number of ether oxygens (including phenoxy) is 1. The number of aromatic nitrogens is 3. The van der Waals surface area contributed by atoms with Crippen LogP contribution in [0.15, 0.2) is 35.1 Å². The number of nitrogens with zero attached hydrogens (tertiary/aromatic N) is 2. The molecule has 3 rings (SSSR count). The van der Waals surface area contributed by atoms with Gasteiger partial charge in [-0.15, -0.1) is 0 Å². The van der Waals surface area contributed by atoms with E-state index in [0.29, 0.717) is 11.2 Å². The van der Waals surface area contributed by atoms with Gasteiger partial charge in [-0.05, 0) is 52.8 Å². The van der Waals surface area contributed by atoms with Gasteiger partial charge in [0, 0.05) is 10.9 Å². The highest BCUT2D eigenvalue weighted by molar-refractivity contribution is 5.80. The third-order valence-corrected chi connectivity index (χ3v) is 4.05. The van der Waals surface area contributed by atoms with Crippen molar-refractivity contribution in [2.45, 2.75) is 46.8 Å². The molecule has 3 aromatic rings. The number of hydrogen-bond donors (Lipinski definition) is 2. The normalized spacial score (nSPS) is 11.6. The van der Waals surface area contributed by atoms with Gasteiger partial charge in [0.2, 0.25) is 0 Å². The van der Waals surface area contributed by atoms with Crippen molar-refractivity contribution < 1.29 is 9.53 Å². The Morgan fingerprint density at radius 3 is 2.52 bits per heavy atom. The van der Waals surface area contributed by atoms with E-state index in [4.69, 9.17) is 4.74 Å². The van der Waals surface area contributed by atoms with Crippen LogP contribution in [0.3, 0.4) is 0 Å². The second-order valence-corrected chi connectivity index (χ2v) is 7.57. The van der Waals surface area contributed by atoms with Crippen molar-refractivity contribution in [2.75, 3.05) is 0 Å². The molecule has 0 radical (unpaired) electrons. The summed E-state index contributed by atoms with van der Waals surface area (Å²) in [5.74, 6) is 0. The number of fused-ring (bicyclic) bond motifs is 1. The lowest BCUT2D eigenvalue weighted by atomic mass is 10.2. The van der Waals surface area contributed by atoms with Gasteiger partial charge in [-0.25, -0.2) is 9.48 Å². The molecule has 0 saturated carbocycles.